The average Bonchev–Trinajstić information content (AvgIpc) is 2.33. The van der Waals surface area contributed by atoms with Crippen molar-refractivity contribution >= 4 is 45.9 Å². The summed E-state index contributed by atoms with van der Waals surface area (Å²) in [6.45, 7) is 5.20. The van der Waals surface area contributed by atoms with Crippen LogP contribution in [0.25, 0.3) is 0 Å². The zero-order valence-electron chi connectivity index (χ0n) is 10.7. The average molecular weight is 424 g/mol. The van der Waals surface area contributed by atoms with Gasteiger partial charge in [-0.2, -0.15) is 0 Å². The van der Waals surface area contributed by atoms with Crippen LogP contribution in [0, 0.1) is 0 Å². The van der Waals surface area contributed by atoms with E-state index in [0.29, 0.717) is 6.54 Å². The van der Waals surface area contributed by atoms with Gasteiger partial charge in [-0.15, -0.1) is 30.6 Å². The van der Waals surface area contributed by atoms with Gasteiger partial charge in [0.1, 0.15) is 0 Å². The molecule has 3 nitrogen and oxygen atoms in total. The van der Waals surface area contributed by atoms with E-state index < -0.39 is 0 Å². The minimum atomic E-state index is 0. The second-order valence-electron chi connectivity index (χ2n) is 3.66. The van der Waals surface area contributed by atoms with Crippen molar-refractivity contribution in [1.29, 1.82) is 0 Å². The minimum absolute atomic E-state index is 0. The molecule has 100 valence electrons. The smallest absolute Gasteiger partial charge is 0.193 e. The molecule has 0 aliphatic rings. The lowest BCUT2D eigenvalue weighted by molar-refractivity contribution is 0.479. The SMILES string of the molecule is C=CCNC(=NC)N(C)Cc1ccccc1Br.I. The molecule has 1 aromatic rings. The summed E-state index contributed by atoms with van der Waals surface area (Å²) >= 11 is 3.55. The molecule has 0 heterocycles. The number of benzene rings is 1. The van der Waals surface area contributed by atoms with Crippen molar-refractivity contribution in [2.45, 2.75) is 6.54 Å². The van der Waals surface area contributed by atoms with Gasteiger partial charge in [-0.3, -0.25) is 4.99 Å². The summed E-state index contributed by atoms with van der Waals surface area (Å²) in [6, 6.07) is 8.19. The van der Waals surface area contributed by atoms with Gasteiger partial charge in [-0.05, 0) is 11.6 Å². The van der Waals surface area contributed by atoms with E-state index in [2.05, 4.69) is 43.8 Å². The molecule has 1 rings (SSSR count). The molecule has 0 saturated carbocycles. The van der Waals surface area contributed by atoms with Crippen LogP contribution in [0.15, 0.2) is 46.4 Å². The van der Waals surface area contributed by atoms with Crippen LogP contribution in [0.3, 0.4) is 0 Å². The van der Waals surface area contributed by atoms with E-state index in [1.165, 1.54) is 5.56 Å². The summed E-state index contributed by atoms with van der Waals surface area (Å²) in [5.41, 5.74) is 1.23. The highest BCUT2D eigenvalue weighted by molar-refractivity contribution is 14.0. The Hall–Kier alpha value is -0.560. The van der Waals surface area contributed by atoms with Gasteiger partial charge in [-0.1, -0.05) is 40.2 Å². The van der Waals surface area contributed by atoms with E-state index in [-0.39, 0.29) is 24.0 Å². The molecular formula is C13H19BrIN3. The van der Waals surface area contributed by atoms with Crippen LogP contribution in [-0.4, -0.2) is 31.5 Å². The minimum Gasteiger partial charge on any atom is -0.353 e. The summed E-state index contributed by atoms with van der Waals surface area (Å²) in [7, 11) is 3.79. The van der Waals surface area contributed by atoms with Crippen LogP contribution in [-0.2, 0) is 6.54 Å². The summed E-state index contributed by atoms with van der Waals surface area (Å²) in [5.74, 6) is 0.862. The Morgan fingerprint density at radius 3 is 2.72 bits per heavy atom. The topological polar surface area (TPSA) is 27.6 Å². The van der Waals surface area contributed by atoms with Crippen molar-refractivity contribution in [2.24, 2.45) is 4.99 Å². The second kappa shape index (κ2) is 9.38. The van der Waals surface area contributed by atoms with Gasteiger partial charge in [0.05, 0.1) is 0 Å². The van der Waals surface area contributed by atoms with Gasteiger partial charge in [0.25, 0.3) is 0 Å². The summed E-state index contributed by atoms with van der Waals surface area (Å²) in [5, 5.41) is 3.20. The van der Waals surface area contributed by atoms with Gasteiger partial charge >= 0.3 is 0 Å². The van der Waals surface area contributed by atoms with Gasteiger partial charge in [-0.25, -0.2) is 0 Å². The van der Waals surface area contributed by atoms with Crippen LogP contribution >= 0.6 is 39.9 Å². The fourth-order valence-electron chi connectivity index (χ4n) is 1.51. The maximum absolute atomic E-state index is 4.22. The Morgan fingerprint density at radius 1 is 1.50 bits per heavy atom. The molecule has 18 heavy (non-hydrogen) atoms. The monoisotopic (exact) mass is 423 g/mol. The molecule has 0 unspecified atom stereocenters. The number of nitrogens with one attached hydrogen (secondary N) is 1. The Labute approximate surface area is 135 Å². The van der Waals surface area contributed by atoms with E-state index in [1.54, 1.807) is 7.05 Å². The molecule has 0 amide bonds. The predicted molar refractivity (Wildman–Crippen MR) is 92.6 cm³/mol. The fraction of sp³-hybridized carbons (Fsp3) is 0.308. The maximum atomic E-state index is 4.22. The van der Waals surface area contributed by atoms with Gasteiger partial charge in [0.2, 0.25) is 0 Å². The number of rotatable bonds is 4. The Kier molecular flexibility index (Phi) is 9.09. The number of aliphatic imine (C=N–C) groups is 1. The number of nitrogens with zero attached hydrogens (tertiary/aromatic N) is 2. The first-order chi connectivity index (χ1) is 8.19. The van der Waals surface area contributed by atoms with Crippen molar-refractivity contribution < 1.29 is 0 Å². The standard InChI is InChI=1S/C13H18BrN3.HI/c1-4-9-16-13(15-2)17(3)10-11-7-5-6-8-12(11)14;/h4-8H,1,9-10H2,2-3H3,(H,15,16);1H. The van der Waals surface area contributed by atoms with Crippen molar-refractivity contribution in [1.82, 2.24) is 10.2 Å². The van der Waals surface area contributed by atoms with Crippen molar-refractivity contribution in [2.75, 3.05) is 20.6 Å². The molecule has 1 aromatic carbocycles. The van der Waals surface area contributed by atoms with E-state index in [0.717, 1.165) is 17.0 Å². The molecule has 1 N–H and O–H groups in total. The molecule has 0 aliphatic heterocycles. The third-order valence-electron chi connectivity index (χ3n) is 2.34. The third kappa shape index (κ3) is 5.39. The normalized spacial score (nSPS) is 10.5. The Balaban J connectivity index is 0.00000289. The highest BCUT2D eigenvalue weighted by Gasteiger charge is 2.07. The lowest BCUT2D eigenvalue weighted by atomic mass is 10.2. The van der Waals surface area contributed by atoms with Gasteiger partial charge in [0.15, 0.2) is 5.96 Å². The number of hydrogen-bond donors (Lipinski definition) is 1. The molecule has 0 bridgehead atoms. The molecule has 5 heteroatoms. The summed E-state index contributed by atoms with van der Waals surface area (Å²) < 4.78 is 1.12. The molecule has 0 fully saturated rings. The highest BCUT2D eigenvalue weighted by atomic mass is 127. The first kappa shape index (κ1) is 17.4. The van der Waals surface area contributed by atoms with Crippen LogP contribution < -0.4 is 5.32 Å². The summed E-state index contributed by atoms with van der Waals surface area (Å²) in [4.78, 5) is 6.29. The molecular weight excluding hydrogens is 405 g/mol. The summed E-state index contributed by atoms with van der Waals surface area (Å²) in [6.07, 6.45) is 1.82. The molecule has 0 radical (unpaired) electrons. The molecule has 0 spiro atoms. The zero-order chi connectivity index (χ0) is 12.7. The number of halogens is 2. The Morgan fingerprint density at radius 2 is 2.17 bits per heavy atom. The van der Waals surface area contributed by atoms with Crippen LogP contribution in [0.2, 0.25) is 0 Å². The first-order valence-corrected chi connectivity index (χ1v) is 6.24. The second-order valence-corrected chi connectivity index (χ2v) is 4.52. The van der Waals surface area contributed by atoms with E-state index >= 15 is 0 Å². The molecule has 0 saturated heterocycles. The lowest BCUT2D eigenvalue weighted by Gasteiger charge is -2.22. The van der Waals surface area contributed by atoms with Crippen molar-refractivity contribution in [3.05, 3.63) is 47.0 Å². The van der Waals surface area contributed by atoms with E-state index in [1.807, 2.05) is 31.3 Å². The predicted octanol–water partition coefficient (Wildman–Crippen LogP) is 3.26. The third-order valence-corrected chi connectivity index (χ3v) is 3.12. The van der Waals surface area contributed by atoms with Crippen LogP contribution in [0.1, 0.15) is 5.56 Å². The van der Waals surface area contributed by atoms with E-state index in [4.69, 9.17) is 0 Å². The van der Waals surface area contributed by atoms with Gasteiger partial charge < -0.3 is 10.2 Å². The number of guanidine groups is 1. The first-order valence-electron chi connectivity index (χ1n) is 5.45. The zero-order valence-corrected chi connectivity index (χ0v) is 14.6. The Bertz CT molecular complexity index is 407. The fourth-order valence-corrected chi connectivity index (χ4v) is 1.92. The van der Waals surface area contributed by atoms with Crippen molar-refractivity contribution in [3.8, 4) is 0 Å². The molecule has 0 aromatic heterocycles. The maximum Gasteiger partial charge on any atom is 0.193 e. The van der Waals surface area contributed by atoms with Crippen molar-refractivity contribution in [3.63, 3.8) is 0 Å². The molecule has 0 aliphatic carbocycles. The highest BCUT2D eigenvalue weighted by Crippen LogP contribution is 2.17. The van der Waals surface area contributed by atoms with Crippen LogP contribution in [0.4, 0.5) is 0 Å². The van der Waals surface area contributed by atoms with Gasteiger partial charge in [0, 0.05) is 31.7 Å². The van der Waals surface area contributed by atoms with E-state index in [9.17, 15) is 0 Å². The molecule has 0 atom stereocenters. The van der Waals surface area contributed by atoms with Crippen LogP contribution in [0.5, 0.6) is 0 Å². The number of hydrogen-bond acceptors (Lipinski definition) is 1. The lowest BCUT2D eigenvalue weighted by Crippen LogP contribution is -2.38. The largest absolute Gasteiger partial charge is 0.353 e. The quantitative estimate of drug-likeness (QED) is 0.348.